The monoisotopic (exact) mass is 516 g/mol. The third-order valence-corrected chi connectivity index (χ3v) is 9.34. The number of ether oxygens (including phenoxy) is 1. The zero-order chi connectivity index (χ0) is 26.0. The van der Waals surface area contributed by atoms with Crippen molar-refractivity contribution >= 4 is 37.3 Å². The highest BCUT2D eigenvalue weighted by Crippen LogP contribution is 2.39. The van der Waals surface area contributed by atoms with Crippen molar-refractivity contribution in [3.8, 4) is 5.75 Å². The second-order valence-electron chi connectivity index (χ2n) is 8.88. The van der Waals surface area contributed by atoms with Gasteiger partial charge in [-0.3, -0.25) is 4.79 Å². The maximum atomic E-state index is 13.7. The maximum Gasteiger partial charge on any atom is 0.277 e. The number of benzene rings is 3. The van der Waals surface area contributed by atoms with Crippen LogP contribution in [0.15, 0.2) is 82.6 Å². The van der Waals surface area contributed by atoms with E-state index in [1.807, 2.05) is 0 Å². The molecule has 0 heterocycles. The summed E-state index contributed by atoms with van der Waals surface area (Å²) in [6, 6.07) is 17.4. The summed E-state index contributed by atoms with van der Waals surface area (Å²) in [6.07, 6.45) is 0. The van der Waals surface area contributed by atoms with Crippen LogP contribution in [0.1, 0.15) is 26.3 Å². The van der Waals surface area contributed by atoms with Gasteiger partial charge in [0.15, 0.2) is 0 Å². The van der Waals surface area contributed by atoms with Crippen molar-refractivity contribution in [2.75, 3.05) is 16.1 Å². The summed E-state index contributed by atoms with van der Waals surface area (Å²) in [7, 11) is -7.78. The second-order valence-corrected chi connectivity index (χ2v) is 12.7. The number of nitrogens with one attached hydrogen (secondary N) is 1. The zero-order valence-electron chi connectivity index (χ0n) is 20.1. The number of nitrogens with zero attached hydrogens (tertiary/aromatic N) is 1. The molecule has 0 unspecified atom stereocenters. The van der Waals surface area contributed by atoms with Gasteiger partial charge < -0.3 is 10.1 Å². The molecule has 35 heavy (non-hydrogen) atoms. The number of carbonyl (C=O) groups is 1. The van der Waals surface area contributed by atoms with Crippen LogP contribution in [0.25, 0.3) is 0 Å². The standard InChI is InChI=1S/C25H28N2O6S2/c1-18-16-21(26-24(28)25(2,3)4)23(33-5)17-22(18)27(34(29,30)19-12-8-6-9-13-19)35(31,32)20-14-10-7-11-15-20/h6-17H,1-5H3,(H,26,28). The highest BCUT2D eigenvalue weighted by Gasteiger charge is 2.38. The van der Waals surface area contributed by atoms with Crippen LogP contribution in [0.2, 0.25) is 0 Å². The van der Waals surface area contributed by atoms with Gasteiger partial charge in [-0.05, 0) is 42.8 Å². The lowest BCUT2D eigenvalue weighted by atomic mass is 9.95. The average Bonchev–Trinajstić information content (AvgIpc) is 2.81. The molecule has 1 amide bonds. The number of hydrogen-bond acceptors (Lipinski definition) is 6. The first-order valence-corrected chi connectivity index (χ1v) is 13.6. The molecule has 0 aliphatic rings. The predicted octanol–water partition coefficient (Wildman–Crippen LogP) is 4.57. The van der Waals surface area contributed by atoms with E-state index in [1.54, 1.807) is 39.8 Å². The smallest absolute Gasteiger partial charge is 0.277 e. The minimum atomic E-state index is -4.56. The fourth-order valence-corrected chi connectivity index (χ4v) is 7.06. The summed E-state index contributed by atoms with van der Waals surface area (Å²) >= 11 is 0. The summed E-state index contributed by atoms with van der Waals surface area (Å²) in [5, 5.41) is 2.77. The number of anilines is 2. The highest BCUT2D eigenvalue weighted by molar-refractivity contribution is 8.10. The van der Waals surface area contributed by atoms with Gasteiger partial charge in [-0.25, -0.2) is 16.8 Å². The molecule has 8 nitrogen and oxygen atoms in total. The van der Waals surface area contributed by atoms with Crippen LogP contribution in [-0.4, -0.2) is 29.9 Å². The van der Waals surface area contributed by atoms with Crippen LogP contribution in [0.3, 0.4) is 0 Å². The van der Waals surface area contributed by atoms with Crippen molar-refractivity contribution in [2.24, 2.45) is 5.41 Å². The van der Waals surface area contributed by atoms with Gasteiger partial charge in [0, 0.05) is 11.5 Å². The molecule has 3 aromatic rings. The van der Waals surface area contributed by atoms with Crippen molar-refractivity contribution in [1.29, 1.82) is 0 Å². The molecular formula is C25H28N2O6S2. The van der Waals surface area contributed by atoms with Crippen LogP contribution in [0.5, 0.6) is 5.75 Å². The molecule has 0 fully saturated rings. The normalized spacial score (nSPS) is 12.1. The van der Waals surface area contributed by atoms with E-state index in [0.29, 0.717) is 15.0 Å². The molecule has 0 saturated carbocycles. The first-order chi connectivity index (χ1) is 16.3. The van der Waals surface area contributed by atoms with Crippen molar-refractivity contribution in [1.82, 2.24) is 0 Å². The third kappa shape index (κ3) is 5.33. The fourth-order valence-electron chi connectivity index (χ4n) is 3.21. The Bertz CT molecular complexity index is 1360. The largest absolute Gasteiger partial charge is 0.494 e. The molecule has 0 aromatic heterocycles. The van der Waals surface area contributed by atoms with Gasteiger partial charge in [-0.1, -0.05) is 57.2 Å². The van der Waals surface area contributed by atoms with Crippen molar-refractivity contribution < 1.29 is 26.4 Å². The second kappa shape index (κ2) is 9.71. The van der Waals surface area contributed by atoms with E-state index in [0.717, 1.165) is 0 Å². The SMILES string of the molecule is COc1cc(N(S(=O)(=O)c2ccccc2)S(=O)(=O)c2ccccc2)c(C)cc1NC(=O)C(C)(C)C. The van der Waals surface area contributed by atoms with Gasteiger partial charge in [0.05, 0.1) is 28.3 Å². The van der Waals surface area contributed by atoms with Crippen LogP contribution in [-0.2, 0) is 24.8 Å². The van der Waals surface area contributed by atoms with Crippen molar-refractivity contribution in [3.63, 3.8) is 0 Å². The summed E-state index contributed by atoms with van der Waals surface area (Å²) in [5.41, 5.74) is -0.225. The van der Waals surface area contributed by atoms with Gasteiger partial charge in [0.25, 0.3) is 20.0 Å². The van der Waals surface area contributed by atoms with Gasteiger partial charge >= 0.3 is 0 Å². The minimum Gasteiger partial charge on any atom is -0.494 e. The average molecular weight is 517 g/mol. The zero-order valence-corrected chi connectivity index (χ0v) is 21.8. The number of rotatable bonds is 7. The molecule has 0 radical (unpaired) electrons. The minimum absolute atomic E-state index is 0.111. The number of sulfonamides is 2. The number of amides is 1. The number of carbonyl (C=O) groups excluding carboxylic acids is 1. The highest BCUT2D eigenvalue weighted by atomic mass is 32.3. The van der Waals surface area contributed by atoms with Gasteiger partial charge in [-0.2, -0.15) is 3.71 Å². The molecule has 0 spiro atoms. The molecule has 0 aliphatic carbocycles. The molecule has 0 bridgehead atoms. The van der Waals surface area contributed by atoms with Crippen LogP contribution < -0.4 is 13.8 Å². The summed E-state index contributed by atoms with van der Waals surface area (Å²) in [4.78, 5) is 12.2. The fraction of sp³-hybridized carbons (Fsp3) is 0.240. The molecule has 3 rings (SSSR count). The molecule has 0 aliphatic heterocycles. The van der Waals surface area contributed by atoms with E-state index < -0.39 is 25.5 Å². The van der Waals surface area contributed by atoms with Crippen LogP contribution in [0, 0.1) is 12.3 Å². The van der Waals surface area contributed by atoms with Gasteiger partial charge in [-0.15, -0.1) is 0 Å². The quantitative estimate of drug-likeness (QED) is 0.493. The van der Waals surface area contributed by atoms with E-state index >= 15 is 0 Å². The predicted molar refractivity (Wildman–Crippen MR) is 136 cm³/mol. The Morgan fingerprint density at radius 1 is 0.829 bits per heavy atom. The lowest BCUT2D eigenvalue weighted by Crippen LogP contribution is -2.37. The Kier molecular flexibility index (Phi) is 7.28. The molecule has 3 aromatic carbocycles. The van der Waals surface area contributed by atoms with Gasteiger partial charge in [0.2, 0.25) is 5.91 Å². The van der Waals surface area contributed by atoms with E-state index in [2.05, 4.69) is 5.32 Å². The molecule has 0 atom stereocenters. The molecule has 1 N–H and O–H groups in total. The summed E-state index contributed by atoms with van der Waals surface area (Å²) < 4.78 is 60.8. The topological polar surface area (TPSA) is 110 Å². The Morgan fingerprint density at radius 3 is 1.69 bits per heavy atom. The Balaban J connectivity index is 2.28. The van der Waals surface area contributed by atoms with Gasteiger partial charge in [0.1, 0.15) is 5.75 Å². The Labute approximate surface area is 206 Å². The molecule has 10 heteroatoms. The molecule has 186 valence electrons. The molecule has 0 saturated heterocycles. The van der Waals surface area contributed by atoms with Crippen molar-refractivity contribution in [2.45, 2.75) is 37.5 Å². The van der Waals surface area contributed by atoms with E-state index in [1.165, 1.54) is 67.8 Å². The van der Waals surface area contributed by atoms with E-state index in [9.17, 15) is 21.6 Å². The number of hydrogen-bond donors (Lipinski definition) is 1. The van der Waals surface area contributed by atoms with Crippen molar-refractivity contribution in [3.05, 3.63) is 78.4 Å². The van der Waals surface area contributed by atoms with Crippen LogP contribution >= 0.6 is 0 Å². The van der Waals surface area contributed by atoms with E-state index in [4.69, 9.17) is 4.74 Å². The van der Waals surface area contributed by atoms with E-state index in [-0.39, 0.29) is 27.1 Å². The lowest BCUT2D eigenvalue weighted by molar-refractivity contribution is -0.123. The van der Waals surface area contributed by atoms with Crippen LogP contribution in [0.4, 0.5) is 11.4 Å². The summed E-state index contributed by atoms with van der Waals surface area (Å²) in [5.74, 6) is -0.173. The number of methoxy groups -OCH3 is 1. The third-order valence-electron chi connectivity index (χ3n) is 5.16. The first kappa shape index (κ1) is 26.2. The molecular weight excluding hydrogens is 488 g/mol. The maximum absolute atomic E-state index is 13.7. The Hall–Kier alpha value is -3.37. The number of aryl methyl sites for hydroxylation is 1. The Morgan fingerprint density at radius 2 is 1.29 bits per heavy atom. The lowest BCUT2D eigenvalue weighted by Gasteiger charge is -2.27. The summed E-state index contributed by atoms with van der Waals surface area (Å²) in [6.45, 7) is 6.81. The first-order valence-electron chi connectivity index (χ1n) is 10.7.